The summed E-state index contributed by atoms with van der Waals surface area (Å²) in [7, 11) is 1.65. The van der Waals surface area contributed by atoms with Crippen molar-refractivity contribution < 1.29 is 4.74 Å². The highest BCUT2D eigenvalue weighted by Gasteiger charge is 1.99. The number of hydrazone groups is 1. The minimum atomic E-state index is 0.557. The predicted molar refractivity (Wildman–Crippen MR) is 83.8 cm³/mol. The number of methoxy groups -OCH3 is 1. The fourth-order valence-corrected chi connectivity index (χ4v) is 1.60. The van der Waals surface area contributed by atoms with E-state index in [4.69, 9.17) is 17.0 Å². The summed E-state index contributed by atoms with van der Waals surface area (Å²) >= 11 is 5.13. The van der Waals surface area contributed by atoms with Gasteiger partial charge in [-0.05, 0) is 55.4 Å². The second-order valence-corrected chi connectivity index (χ2v) is 4.56. The molecule has 0 atom stereocenters. The summed E-state index contributed by atoms with van der Waals surface area (Å²) in [5, 5.41) is 7.91. The molecule has 104 valence electrons. The Bertz CT molecular complexity index is 429. The molecule has 1 aromatic rings. The molecule has 0 saturated carbocycles. The zero-order valence-corrected chi connectivity index (χ0v) is 12.5. The van der Waals surface area contributed by atoms with Crippen molar-refractivity contribution in [3.63, 3.8) is 0 Å². The number of rotatable bonds is 6. The third-order valence-electron chi connectivity index (χ3n) is 2.65. The molecule has 0 aliphatic carbocycles. The van der Waals surface area contributed by atoms with E-state index in [1.807, 2.05) is 31.2 Å². The van der Waals surface area contributed by atoms with Gasteiger partial charge in [-0.3, -0.25) is 5.43 Å². The van der Waals surface area contributed by atoms with Crippen LogP contribution in [0.3, 0.4) is 0 Å². The summed E-state index contributed by atoms with van der Waals surface area (Å²) in [4.78, 5) is 0. The zero-order valence-electron chi connectivity index (χ0n) is 11.7. The van der Waals surface area contributed by atoms with Crippen molar-refractivity contribution >= 4 is 23.0 Å². The summed E-state index contributed by atoms with van der Waals surface area (Å²) in [6, 6.07) is 7.75. The largest absolute Gasteiger partial charge is 0.497 e. The Labute approximate surface area is 120 Å². The maximum atomic E-state index is 5.13. The number of thiocarbonyl (C=S) groups is 1. The highest BCUT2D eigenvalue weighted by Crippen LogP contribution is 2.11. The van der Waals surface area contributed by atoms with Crippen molar-refractivity contribution in [2.45, 2.75) is 26.7 Å². The average molecular weight is 279 g/mol. The first-order valence-corrected chi connectivity index (χ1v) is 6.80. The first-order valence-electron chi connectivity index (χ1n) is 6.40. The van der Waals surface area contributed by atoms with E-state index in [2.05, 4.69) is 22.8 Å². The second kappa shape index (κ2) is 8.48. The van der Waals surface area contributed by atoms with Gasteiger partial charge in [0.1, 0.15) is 5.75 Å². The van der Waals surface area contributed by atoms with E-state index in [9.17, 15) is 0 Å². The number of ether oxygens (including phenoxy) is 1. The molecule has 0 saturated heterocycles. The monoisotopic (exact) mass is 279 g/mol. The molecule has 0 aliphatic rings. The SMILES string of the molecule is CCCCNC(=S)N/N=C(\C)c1ccc(OC)cc1. The van der Waals surface area contributed by atoms with Gasteiger partial charge < -0.3 is 10.1 Å². The van der Waals surface area contributed by atoms with Gasteiger partial charge in [0.2, 0.25) is 0 Å². The number of nitrogens with zero attached hydrogens (tertiary/aromatic N) is 1. The lowest BCUT2D eigenvalue weighted by Crippen LogP contribution is -2.33. The van der Waals surface area contributed by atoms with Crippen LogP contribution in [0.4, 0.5) is 0 Å². The van der Waals surface area contributed by atoms with Crippen LogP contribution in [-0.2, 0) is 0 Å². The van der Waals surface area contributed by atoms with E-state index in [1.54, 1.807) is 7.11 Å². The highest BCUT2D eigenvalue weighted by atomic mass is 32.1. The van der Waals surface area contributed by atoms with Gasteiger partial charge in [0.25, 0.3) is 0 Å². The summed E-state index contributed by atoms with van der Waals surface area (Å²) in [6.45, 7) is 4.95. The van der Waals surface area contributed by atoms with Crippen molar-refractivity contribution in [1.82, 2.24) is 10.7 Å². The lowest BCUT2D eigenvalue weighted by atomic mass is 10.1. The molecule has 0 heterocycles. The van der Waals surface area contributed by atoms with Gasteiger partial charge in [-0.15, -0.1) is 0 Å². The van der Waals surface area contributed by atoms with Gasteiger partial charge in [0, 0.05) is 6.54 Å². The third-order valence-corrected chi connectivity index (χ3v) is 2.88. The molecule has 1 aromatic carbocycles. The molecule has 2 N–H and O–H groups in total. The Morgan fingerprint density at radius 2 is 2.00 bits per heavy atom. The summed E-state index contributed by atoms with van der Waals surface area (Å²) in [5.74, 6) is 0.835. The van der Waals surface area contributed by atoms with Gasteiger partial charge in [-0.1, -0.05) is 13.3 Å². The average Bonchev–Trinajstić information content (AvgIpc) is 2.45. The minimum absolute atomic E-state index is 0.557. The summed E-state index contributed by atoms with van der Waals surface area (Å²) in [6.07, 6.45) is 2.24. The van der Waals surface area contributed by atoms with Gasteiger partial charge in [0.15, 0.2) is 5.11 Å². The Morgan fingerprint density at radius 1 is 1.32 bits per heavy atom. The number of unbranched alkanes of at least 4 members (excludes halogenated alkanes) is 1. The molecule has 0 bridgehead atoms. The smallest absolute Gasteiger partial charge is 0.186 e. The van der Waals surface area contributed by atoms with Crippen molar-refractivity contribution in [2.24, 2.45) is 5.10 Å². The summed E-state index contributed by atoms with van der Waals surface area (Å²) in [5.41, 5.74) is 4.75. The standard InChI is InChI=1S/C14H21N3OS/c1-4-5-10-15-14(19)17-16-11(2)12-6-8-13(18-3)9-7-12/h6-9H,4-5,10H2,1-3H3,(H2,15,17,19)/b16-11+. The lowest BCUT2D eigenvalue weighted by Gasteiger charge is -2.07. The number of hydrogen-bond donors (Lipinski definition) is 2. The predicted octanol–water partition coefficient (Wildman–Crippen LogP) is 2.68. The molecule has 0 aliphatic heterocycles. The van der Waals surface area contributed by atoms with Crippen LogP contribution >= 0.6 is 12.2 Å². The van der Waals surface area contributed by atoms with Crippen LogP contribution in [0, 0.1) is 0 Å². The topological polar surface area (TPSA) is 45.7 Å². The number of benzene rings is 1. The minimum Gasteiger partial charge on any atom is -0.497 e. The number of nitrogens with one attached hydrogen (secondary N) is 2. The Hall–Kier alpha value is -1.62. The van der Waals surface area contributed by atoms with Crippen LogP contribution < -0.4 is 15.5 Å². The fraction of sp³-hybridized carbons (Fsp3) is 0.429. The van der Waals surface area contributed by atoms with E-state index in [-0.39, 0.29) is 0 Å². The van der Waals surface area contributed by atoms with Gasteiger partial charge >= 0.3 is 0 Å². The molecular weight excluding hydrogens is 258 g/mol. The van der Waals surface area contributed by atoms with Gasteiger partial charge in [-0.2, -0.15) is 5.10 Å². The molecule has 5 heteroatoms. The van der Waals surface area contributed by atoms with Crippen molar-refractivity contribution in [3.8, 4) is 5.75 Å². The Kier molecular flexibility index (Phi) is 6.89. The van der Waals surface area contributed by atoms with Gasteiger partial charge in [-0.25, -0.2) is 0 Å². The first-order chi connectivity index (χ1) is 9.17. The maximum Gasteiger partial charge on any atom is 0.186 e. The van der Waals surface area contributed by atoms with Crippen LogP contribution in [-0.4, -0.2) is 24.5 Å². The zero-order chi connectivity index (χ0) is 14.1. The molecule has 0 unspecified atom stereocenters. The molecule has 0 radical (unpaired) electrons. The van der Waals surface area contributed by atoms with Crippen LogP contribution in [0.2, 0.25) is 0 Å². The summed E-state index contributed by atoms with van der Waals surface area (Å²) < 4.78 is 5.12. The van der Waals surface area contributed by atoms with Crippen molar-refractivity contribution in [1.29, 1.82) is 0 Å². The Morgan fingerprint density at radius 3 is 2.58 bits per heavy atom. The maximum absolute atomic E-state index is 5.13. The van der Waals surface area contributed by atoms with E-state index in [0.29, 0.717) is 5.11 Å². The molecule has 19 heavy (non-hydrogen) atoms. The van der Waals surface area contributed by atoms with Gasteiger partial charge in [0.05, 0.1) is 12.8 Å². The molecule has 4 nitrogen and oxygen atoms in total. The first kappa shape index (κ1) is 15.4. The lowest BCUT2D eigenvalue weighted by molar-refractivity contribution is 0.415. The van der Waals surface area contributed by atoms with Crippen LogP contribution in [0.5, 0.6) is 5.75 Å². The molecule has 0 spiro atoms. The molecule has 0 aromatic heterocycles. The van der Waals surface area contributed by atoms with Crippen LogP contribution in [0.25, 0.3) is 0 Å². The third kappa shape index (κ3) is 5.70. The van der Waals surface area contributed by atoms with Crippen molar-refractivity contribution in [2.75, 3.05) is 13.7 Å². The highest BCUT2D eigenvalue weighted by molar-refractivity contribution is 7.80. The fourth-order valence-electron chi connectivity index (χ4n) is 1.45. The van der Waals surface area contributed by atoms with Crippen LogP contribution in [0.1, 0.15) is 32.3 Å². The van der Waals surface area contributed by atoms with E-state index < -0.39 is 0 Å². The van der Waals surface area contributed by atoms with Crippen LogP contribution in [0.15, 0.2) is 29.4 Å². The second-order valence-electron chi connectivity index (χ2n) is 4.15. The number of hydrogen-bond acceptors (Lipinski definition) is 3. The molecule has 0 fully saturated rings. The molecule has 1 rings (SSSR count). The van der Waals surface area contributed by atoms with E-state index in [1.165, 1.54) is 0 Å². The quantitative estimate of drug-likeness (QED) is 0.364. The van der Waals surface area contributed by atoms with E-state index in [0.717, 1.165) is 36.4 Å². The normalized spacial score (nSPS) is 11.0. The van der Waals surface area contributed by atoms with Crippen molar-refractivity contribution in [3.05, 3.63) is 29.8 Å². The molecular formula is C14H21N3OS. The van der Waals surface area contributed by atoms with E-state index >= 15 is 0 Å². The Balaban J connectivity index is 2.49. The molecule has 0 amide bonds.